The Labute approximate surface area is 130 Å². The zero-order valence-corrected chi connectivity index (χ0v) is 12.8. The lowest BCUT2D eigenvalue weighted by Gasteiger charge is -2.31. The van der Waals surface area contributed by atoms with Gasteiger partial charge in [0.25, 0.3) is 5.91 Å². The highest BCUT2D eigenvalue weighted by atomic mass is 16.5. The Bertz CT molecular complexity index is 584. The molecule has 0 N–H and O–H groups in total. The van der Waals surface area contributed by atoms with Gasteiger partial charge in [-0.25, -0.2) is 0 Å². The van der Waals surface area contributed by atoms with Gasteiger partial charge < -0.3 is 14.4 Å². The molecule has 0 unspecified atom stereocenters. The van der Waals surface area contributed by atoms with Crippen LogP contribution in [0.15, 0.2) is 18.2 Å². The highest BCUT2D eigenvalue weighted by Gasteiger charge is 2.30. The molecule has 5 heteroatoms. The van der Waals surface area contributed by atoms with E-state index in [0.717, 1.165) is 30.6 Å². The van der Waals surface area contributed by atoms with E-state index in [9.17, 15) is 9.59 Å². The second-order valence-corrected chi connectivity index (χ2v) is 5.76. The van der Waals surface area contributed by atoms with E-state index < -0.39 is 0 Å². The van der Waals surface area contributed by atoms with Gasteiger partial charge in [0.15, 0.2) is 0 Å². The third kappa shape index (κ3) is 2.93. The number of fused-ring (bicyclic) bond motifs is 1. The molecule has 3 rings (SSSR count). The molecule has 0 bridgehead atoms. The highest BCUT2D eigenvalue weighted by molar-refractivity contribution is 5.95. The van der Waals surface area contributed by atoms with Gasteiger partial charge in [0.2, 0.25) is 0 Å². The van der Waals surface area contributed by atoms with Crippen LogP contribution in [-0.4, -0.2) is 43.1 Å². The van der Waals surface area contributed by atoms with Gasteiger partial charge in [-0.05, 0) is 43.5 Å². The van der Waals surface area contributed by atoms with Crippen LogP contribution in [0.4, 0.5) is 0 Å². The molecule has 0 saturated carbocycles. The third-order valence-electron chi connectivity index (χ3n) is 4.26. The lowest BCUT2D eigenvalue weighted by Crippen LogP contribution is -2.42. The lowest BCUT2D eigenvalue weighted by atomic mass is 9.97. The van der Waals surface area contributed by atoms with Crippen molar-refractivity contribution in [2.45, 2.75) is 26.2 Å². The zero-order valence-electron chi connectivity index (χ0n) is 12.8. The fraction of sp³-hybridized carbons (Fsp3) is 0.529. The molecule has 118 valence electrons. The summed E-state index contributed by atoms with van der Waals surface area (Å²) in [5, 5.41) is 0. The van der Waals surface area contributed by atoms with E-state index in [-0.39, 0.29) is 17.8 Å². The van der Waals surface area contributed by atoms with Crippen LogP contribution < -0.4 is 4.74 Å². The van der Waals surface area contributed by atoms with Crippen molar-refractivity contribution in [3.05, 3.63) is 29.3 Å². The zero-order chi connectivity index (χ0) is 15.5. The summed E-state index contributed by atoms with van der Waals surface area (Å²) in [6.45, 7) is 4.01. The van der Waals surface area contributed by atoms with Crippen LogP contribution in [0, 0.1) is 5.92 Å². The molecule has 1 aromatic rings. The van der Waals surface area contributed by atoms with Crippen molar-refractivity contribution in [2.75, 3.05) is 26.3 Å². The highest BCUT2D eigenvalue weighted by Crippen LogP contribution is 2.27. The molecule has 1 aromatic carbocycles. The van der Waals surface area contributed by atoms with Crippen molar-refractivity contribution in [2.24, 2.45) is 5.92 Å². The van der Waals surface area contributed by atoms with Gasteiger partial charge in [-0.15, -0.1) is 0 Å². The summed E-state index contributed by atoms with van der Waals surface area (Å²) < 4.78 is 10.6. The Kier molecular flexibility index (Phi) is 4.32. The molecule has 1 atom stereocenters. The van der Waals surface area contributed by atoms with Crippen LogP contribution in [0.1, 0.15) is 35.7 Å². The van der Waals surface area contributed by atoms with E-state index in [1.165, 1.54) is 0 Å². The van der Waals surface area contributed by atoms with E-state index in [1.54, 1.807) is 17.9 Å². The number of nitrogens with zero attached hydrogens (tertiary/aromatic N) is 1. The molecule has 1 amide bonds. The Morgan fingerprint density at radius 2 is 2.27 bits per heavy atom. The fourth-order valence-electron chi connectivity index (χ4n) is 3.12. The van der Waals surface area contributed by atoms with E-state index in [0.29, 0.717) is 31.9 Å². The number of carbonyl (C=O) groups excluding carboxylic acids is 2. The first-order valence-corrected chi connectivity index (χ1v) is 7.90. The van der Waals surface area contributed by atoms with E-state index in [4.69, 9.17) is 9.47 Å². The molecular weight excluding hydrogens is 282 g/mol. The number of carbonyl (C=O) groups is 2. The Morgan fingerprint density at radius 1 is 1.41 bits per heavy atom. The molecule has 22 heavy (non-hydrogen) atoms. The predicted octanol–water partition coefficient (Wildman–Crippen LogP) is 2.04. The summed E-state index contributed by atoms with van der Waals surface area (Å²) in [6.07, 6.45) is 2.48. The van der Waals surface area contributed by atoms with Crippen LogP contribution in [0.5, 0.6) is 5.75 Å². The minimum Gasteiger partial charge on any atom is -0.493 e. The van der Waals surface area contributed by atoms with Gasteiger partial charge in [0.05, 0.1) is 19.1 Å². The van der Waals surface area contributed by atoms with Crippen LogP contribution in [0.25, 0.3) is 0 Å². The summed E-state index contributed by atoms with van der Waals surface area (Å²) in [7, 11) is 0. The number of esters is 1. The lowest BCUT2D eigenvalue weighted by molar-refractivity contribution is -0.149. The Hall–Kier alpha value is -2.04. The number of ether oxygens (including phenoxy) is 2. The van der Waals surface area contributed by atoms with Crippen molar-refractivity contribution in [1.82, 2.24) is 4.90 Å². The van der Waals surface area contributed by atoms with Crippen molar-refractivity contribution < 1.29 is 19.1 Å². The molecular formula is C17H21NO4. The summed E-state index contributed by atoms with van der Waals surface area (Å²) in [5.41, 5.74) is 1.76. The number of likely N-dealkylation sites (tertiary alicyclic amines) is 1. The smallest absolute Gasteiger partial charge is 0.310 e. The maximum Gasteiger partial charge on any atom is 0.310 e. The minimum absolute atomic E-state index is 0.0105. The largest absolute Gasteiger partial charge is 0.493 e. The molecule has 2 heterocycles. The van der Waals surface area contributed by atoms with Crippen molar-refractivity contribution in [3.8, 4) is 5.75 Å². The number of piperidine rings is 1. The summed E-state index contributed by atoms with van der Waals surface area (Å²) >= 11 is 0. The van der Waals surface area contributed by atoms with Gasteiger partial charge in [0, 0.05) is 25.1 Å². The van der Waals surface area contributed by atoms with Crippen molar-refractivity contribution in [3.63, 3.8) is 0 Å². The second kappa shape index (κ2) is 6.38. The molecule has 2 aliphatic rings. The number of amides is 1. The summed E-state index contributed by atoms with van der Waals surface area (Å²) in [6, 6.07) is 5.58. The molecule has 0 spiro atoms. The standard InChI is InChI=1S/C17H21NO4/c1-2-21-17(20)14-4-3-8-18(11-14)16(19)13-5-6-15-12(10-13)7-9-22-15/h5-6,10,14H,2-4,7-9,11H2,1H3/t14-/m0/s1. The Balaban J connectivity index is 1.70. The first-order valence-electron chi connectivity index (χ1n) is 7.90. The van der Waals surface area contributed by atoms with E-state index in [1.807, 2.05) is 12.1 Å². The number of rotatable bonds is 3. The average molecular weight is 303 g/mol. The van der Waals surface area contributed by atoms with E-state index in [2.05, 4.69) is 0 Å². The first kappa shape index (κ1) is 14.9. The van der Waals surface area contributed by atoms with Crippen LogP contribution >= 0.6 is 0 Å². The summed E-state index contributed by atoms with van der Waals surface area (Å²) in [5.74, 6) is 0.473. The van der Waals surface area contributed by atoms with Gasteiger partial charge in [0.1, 0.15) is 5.75 Å². The summed E-state index contributed by atoms with van der Waals surface area (Å²) in [4.78, 5) is 26.3. The first-order chi connectivity index (χ1) is 10.7. The quantitative estimate of drug-likeness (QED) is 0.802. The molecule has 1 fully saturated rings. The third-order valence-corrected chi connectivity index (χ3v) is 4.26. The van der Waals surface area contributed by atoms with Gasteiger partial charge in [-0.2, -0.15) is 0 Å². The maximum absolute atomic E-state index is 12.7. The van der Waals surface area contributed by atoms with Gasteiger partial charge in [-0.1, -0.05) is 0 Å². The SMILES string of the molecule is CCOC(=O)[C@H]1CCCN(C(=O)c2ccc3c(c2)CCO3)C1. The average Bonchev–Trinajstić information content (AvgIpc) is 3.02. The molecule has 1 saturated heterocycles. The predicted molar refractivity (Wildman–Crippen MR) is 80.9 cm³/mol. The van der Waals surface area contributed by atoms with Crippen molar-refractivity contribution >= 4 is 11.9 Å². The minimum atomic E-state index is -0.199. The van der Waals surface area contributed by atoms with Crippen molar-refractivity contribution in [1.29, 1.82) is 0 Å². The molecule has 0 radical (unpaired) electrons. The number of benzene rings is 1. The van der Waals surface area contributed by atoms with Crippen LogP contribution in [0.3, 0.4) is 0 Å². The molecule has 5 nitrogen and oxygen atoms in total. The number of hydrogen-bond donors (Lipinski definition) is 0. The second-order valence-electron chi connectivity index (χ2n) is 5.76. The van der Waals surface area contributed by atoms with Gasteiger partial charge in [-0.3, -0.25) is 9.59 Å². The van der Waals surface area contributed by atoms with Crippen LogP contribution in [-0.2, 0) is 16.0 Å². The molecule has 0 aliphatic carbocycles. The topological polar surface area (TPSA) is 55.8 Å². The van der Waals surface area contributed by atoms with Crippen LogP contribution in [0.2, 0.25) is 0 Å². The number of hydrogen-bond acceptors (Lipinski definition) is 4. The van der Waals surface area contributed by atoms with E-state index >= 15 is 0 Å². The normalized spacial score (nSPS) is 20.2. The maximum atomic E-state index is 12.7. The molecule has 0 aromatic heterocycles. The fourth-order valence-corrected chi connectivity index (χ4v) is 3.12. The molecule has 2 aliphatic heterocycles. The Morgan fingerprint density at radius 3 is 3.09 bits per heavy atom. The monoisotopic (exact) mass is 303 g/mol. The van der Waals surface area contributed by atoms with Gasteiger partial charge >= 0.3 is 5.97 Å².